The highest BCUT2D eigenvalue weighted by atomic mass is 79.9. The fourth-order valence-corrected chi connectivity index (χ4v) is 4.37. The number of nitrogens with zero attached hydrogens (tertiary/aromatic N) is 2. The highest BCUT2D eigenvalue weighted by Gasteiger charge is 2.19. The highest BCUT2D eigenvalue weighted by Crippen LogP contribution is 2.33. The van der Waals surface area contributed by atoms with Crippen LogP contribution in [0, 0.1) is 0 Å². The summed E-state index contributed by atoms with van der Waals surface area (Å²) in [5.41, 5.74) is 6.01. The Hall–Kier alpha value is -3.42. The molecular formula is C28H28BrN3O3. The quantitative estimate of drug-likeness (QED) is 0.216. The lowest BCUT2D eigenvalue weighted by Gasteiger charge is -2.11. The van der Waals surface area contributed by atoms with Crippen molar-refractivity contribution in [2.45, 2.75) is 19.4 Å². The van der Waals surface area contributed by atoms with Gasteiger partial charge in [-0.25, -0.2) is 4.99 Å². The van der Waals surface area contributed by atoms with Gasteiger partial charge in [0.05, 0.1) is 29.6 Å². The van der Waals surface area contributed by atoms with Crippen LogP contribution in [0.3, 0.4) is 0 Å². The number of carbonyl (C=O) groups is 1. The molecule has 0 aliphatic carbocycles. The van der Waals surface area contributed by atoms with Gasteiger partial charge in [-0.1, -0.05) is 58.4 Å². The molecule has 0 bridgehead atoms. The number of carbonyl (C=O) groups excluding carboxylic acids is 1. The van der Waals surface area contributed by atoms with Gasteiger partial charge >= 0.3 is 5.97 Å². The zero-order chi connectivity index (χ0) is 24.9. The van der Waals surface area contributed by atoms with E-state index < -0.39 is 0 Å². The van der Waals surface area contributed by atoms with E-state index >= 15 is 0 Å². The minimum atomic E-state index is -0.232. The van der Waals surface area contributed by atoms with Gasteiger partial charge < -0.3 is 19.7 Å². The number of hydrogen-bond acceptors (Lipinski definition) is 5. The van der Waals surface area contributed by atoms with Crippen molar-refractivity contribution in [3.63, 3.8) is 0 Å². The molecule has 3 aromatic carbocycles. The molecule has 0 saturated heterocycles. The summed E-state index contributed by atoms with van der Waals surface area (Å²) in [5.74, 6) is -0.167. The molecule has 0 saturated carbocycles. The molecule has 0 atom stereocenters. The Morgan fingerprint density at radius 3 is 2.37 bits per heavy atom. The van der Waals surface area contributed by atoms with Crippen LogP contribution >= 0.6 is 15.9 Å². The van der Waals surface area contributed by atoms with Crippen LogP contribution in [-0.2, 0) is 22.5 Å². The highest BCUT2D eigenvalue weighted by molar-refractivity contribution is 9.10. The summed E-state index contributed by atoms with van der Waals surface area (Å²) in [6.07, 6.45) is 0.924. The van der Waals surface area contributed by atoms with Crippen molar-refractivity contribution in [2.75, 3.05) is 21.2 Å². The van der Waals surface area contributed by atoms with Crippen LogP contribution in [0.4, 0.5) is 5.69 Å². The molecule has 2 N–H and O–H groups in total. The first-order valence-corrected chi connectivity index (χ1v) is 12.1. The van der Waals surface area contributed by atoms with Gasteiger partial charge in [0.1, 0.15) is 0 Å². The number of aromatic hydroxyl groups is 1. The number of ether oxygens (including phenoxy) is 1. The molecule has 0 amide bonds. The summed E-state index contributed by atoms with van der Waals surface area (Å²) < 4.78 is 5.67. The van der Waals surface area contributed by atoms with Crippen molar-refractivity contribution >= 4 is 44.2 Å². The molecule has 0 unspecified atom stereocenters. The van der Waals surface area contributed by atoms with Gasteiger partial charge in [0, 0.05) is 28.4 Å². The number of hydrogen-bond donors (Lipinski definition) is 2. The molecule has 0 aliphatic heterocycles. The molecule has 4 aromatic rings. The monoisotopic (exact) mass is 533 g/mol. The smallest absolute Gasteiger partial charge is 0.305 e. The fourth-order valence-electron chi connectivity index (χ4n) is 4.01. The zero-order valence-electron chi connectivity index (χ0n) is 20.0. The lowest BCUT2D eigenvalue weighted by Crippen LogP contribution is -2.10. The predicted molar refractivity (Wildman–Crippen MR) is 144 cm³/mol. The number of aromatic nitrogens is 1. The second kappa shape index (κ2) is 10.9. The minimum Gasteiger partial charge on any atom is -0.494 e. The van der Waals surface area contributed by atoms with Crippen LogP contribution in [0.15, 0.2) is 76.2 Å². The maximum Gasteiger partial charge on any atom is 0.305 e. The molecule has 0 spiro atoms. The van der Waals surface area contributed by atoms with Gasteiger partial charge in [-0.15, -0.1) is 0 Å². The van der Waals surface area contributed by atoms with Gasteiger partial charge in [-0.2, -0.15) is 0 Å². The first-order valence-electron chi connectivity index (χ1n) is 11.3. The topological polar surface area (TPSA) is 77.9 Å². The Labute approximate surface area is 213 Å². The molecule has 0 fully saturated rings. The van der Waals surface area contributed by atoms with E-state index in [2.05, 4.69) is 37.9 Å². The van der Waals surface area contributed by atoms with E-state index in [0.717, 1.165) is 38.7 Å². The number of nitrogens with one attached hydrogen (secondary N) is 1. The lowest BCUT2D eigenvalue weighted by molar-refractivity contribution is -0.140. The summed E-state index contributed by atoms with van der Waals surface area (Å²) in [7, 11) is 5.47. The number of benzene rings is 3. The zero-order valence-corrected chi connectivity index (χ0v) is 21.6. The van der Waals surface area contributed by atoms with Crippen LogP contribution in [0.25, 0.3) is 10.9 Å². The van der Waals surface area contributed by atoms with Gasteiger partial charge in [0.2, 0.25) is 0 Å². The second-order valence-electron chi connectivity index (χ2n) is 8.68. The van der Waals surface area contributed by atoms with Crippen molar-refractivity contribution in [3.05, 3.63) is 93.5 Å². The van der Waals surface area contributed by atoms with Crippen molar-refractivity contribution in [2.24, 2.45) is 4.99 Å². The van der Waals surface area contributed by atoms with E-state index in [4.69, 9.17) is 9.73 Å². The summed E-state index contributed by atoms with van der Waals surface area (Å²) in [6, 6.07) is 21.9. The average Bonchev–Trinajstić information content (AvgIpc) is 3.16. The van der Waals surface area contributed by atoms with Gasteiger partial charge in [0.15, 0.2) is 5.88 Å². The third kappa shape index (κ3) is 5.99. The second-order valence-corrected chi connectivity index (χ2v) is 9.59. The molecule has 7 heteroatoms. The molecule has 1 heterocycles. The SMILES string of the molecule is COC(=O)CCc1ccc(C(=Nc2ccc(CN(C)C)cc2)c2c(O)[nH]c3cc(Br)ccc23)cc1. The Morgan fingerprint density at radius 1 is 1.03 bits per heavy atom. The molecular weight excluding hydrogens is 506 g/mol. The number of methoxy groups -OCH3 is 1. The molecule has 4 rings (SSSR count). The Morgan fingerprint density at radius 2 is 1.71 bits per heavy atom. The summed E-state index contributed by atoms with van der Waals surface area (Å²) in [5, 5.41) is 11.8. The lowest BCUT2D eigenvalue weighted by atomic mass is 9.98. The summed E-state index contributed by atoms with van der Waals surface area (Å²) in [4.78, 5) is 21.7. The van der Waals surface area contributed by atoms with Crippen molar-refractivity contribution in [1.29, 1.82) is 0 Å². The molecule has 1 aromatic heterocycles. The van der Waals surface area contributed by atoms with Crippen LogP contribution < -0.4 is 0 Å². The number of rotatable bonds is 8. The van der Waals surface area contributed by atoms with Crippen LogP contribution in [0.2, 0.25) is 0 Å². The molecule has 35 heavy (non-hydrogen) atoms. The van der Waals surface area contributed by atoms with Gasteiger partial charge in [-0.3, -0.25) is 4.79 Å². The van der Waals surface area contributed by atoms with Crippen LogP contribution in [0.5, 0.6) is 5.88 Å². The Balaban J connectivity index is 1.77. The Bertz CT molecular complexity index is 1360. The average molecular weight is 534 g/mol. The maximum atomic E-state index is 11.5. The van der Waals surface area contributed by atoms with Gasteiger partial charge in [-0.05, 0) is 55.9 Å². The molecule has 6 nitrogen and oxygen atoms in total. The number of aliphatic imine (C=N–C) groups is 1. The van der Waals surface area contributed by atoms with E-state index in [1.165, 1.54) is 12.7 Å². The minimum absolute atomic E-state index is 0.0656. The number of fused-ring (bicyclic) bond motifs is 1. The summed E-state index contributed by atoms with van der Waals surface area (Å²) in [6.45, 7) is 0.849. The third-order valence-electron chi connectivity index (χ3n) is 5.73. The van der Waals surface area contributed by atoms with Crippen molar-refractivity contribution < 1.29 is 14.6 Å². The van der Waals surface area contributed by atoms with Crippen LogP contribution in [0.1, 0.15) is 28.7 Å². The fraction of sp³-hybridized carbons (Fsp3) is 0.214. The van der Waals surface area contributed by atoms with E-state index in [0.29, 0.717) is 24.1 Å². The van der Waals surface area contributed by atoms with E-state index in [9.17, 15) is 9.90 Å². The maximum absolute atomic E-state index is 11.5. The predicted octanol–water partition coefficient (Wildman–Crippen LogP) is 5.97. The number of halogens is 1. The van der Waals surface area contributed by atoms with E-state index in [1.807, 2.05) is 68.7 Å². The molecule has 180 valence electrons. The first-order chi connectivity index (χ1) is 16.8. The van der Waals surface area contributed by atoms with Gasteiger partial charge in [0.25, 0.3) is 0 Å². The van der Waals surface area contributed by atoms with Crippen LogP contribution in [-0.4, -0.2) is 47.9 Å². The normalized spacial score (nSPS) is 11.9. The molecule has 0 radical (unpaired) electrons. The number of aromatic amines is 1. The largest absolute Gasteiger partial charge is 0.494 e. The first kappa shape index (κ1) is 24.7. The Kier molecular flexibility index (Phi) is 7.68. The number of aryl methyl sites for hydroxylation is 1. The van der Waals surface area contributed by atoms with E-state index in [-0.39, 0.29) is 11.8 Å². The standard InChI is InChI=1S/C28H28BrN3O3/c1-32(2)17-19-6-12-22(13-7-19)30-27(20-9-4-18(5-10-20)8-15-25(33)35-3)26-23-14-11-21(29)16-24(23)31-28(26)34/h4-7,9-14,16,31,34H,8,15,17H2,1-3H3. The number of H-pyrrole nitrogens is 1. The van der Waals surface area contributed by atoms with E-state index in [1.54, 1.807) is 0 Å². The van der Waals surface area contributed by atoms with Crippen molar-refractivity contribution in [1.82, 2.24) is 9.88 Å². The molecule has 0 aliphatic rings. The summed E-state index contributed by atoms with van der Waals surface area (Å²) >= 11 is 3.50. The number of esters is 1. The van der Waals surface area contributed by atoms with Crippen molar-refractivity contribution in [3.8, 4) is 5.88 Å². The third-order valence-corrected chi connectivity index (χ3v) is 6.22.